The van der Waals surface area contributed by atoms with Crippen molar-refractivity contribution < 1.29 is 19.1 Å². The predicted octanol–water partition coefficient (Wildman–Crippen LogP) is 4.29. The van der Waals surface area contributed by atoms with E-state index in [9.17, 15) is 9.59 Å². The fourth-order valence-electron chi connectivity index (χ4n) is 3.93. The summed E-state index contributed by atoms with van der Waals surface area (Å²) in [6, 6.07) is 4.82. The normalized spacial score (nSPS) is 20.4. The third kappa shape index (κ3) is 4.79. The van der Waals surface area contributed by atoms with Crippen LogP contribution in [0.1, 0.15) is 57.4 Å². The molecule has 0 saturated heterocycles. The Balaban J connectivity index is 1.84. The summed E-state index contributed by atoms with van der Waals surface area (Å²) < 4.78 is 11.2. The smallest absolute Gasteiger partial charge is 0.338 e. The quantitative estimate of drug-likeness (QED) is 0.691. The zero-order valence-corrected chi connectivity index (χ0v) is 17.1. The Morgan fingerprint density at radius 3 is 2.71 bits per heavy atom. The van der Waals surface area contributed by atoms with Crippen LogP contribution in [0.5, 0.6) is 5.75 Å². The summed E-state index contributed by atoms with van der Waals surface area (Å²) in [5, 5.41) is 6.06. The number of benzene rings is 1. The number of nitrogens with one attached hydrogen (secondary N) is 2. The van der Waals surface area contributed by atoms with E-state index in [0.29, 0.717) is 22.2 Å². The molecule has 2 amide bonds. The van der Waals surface area contributed by atoms with E-state index in [1.54, 1.807) is 19.9 Å². The van der Waals surface area contributed by atoms with Crippen LogP contribution in [0, 0.1) is 0 Å². The Morgan fingerprint density at radius 1 is 1.25 bits per heavy atom. The lowest BCUT2D eigenvalue weighted by Crippen LogP contribution is -2.50. The van der Waals surface area contributed by atoms with Gasteiger partial charge in [0.25, 0.3) is 0 Å². The van der Waals surface area contributed by atoms with E-state index < -0.39 is 12.0 Å². The molecule has 1 saturated carbocycles. The molecule has 7 heteroatoms. The minimum Gasteiger partial charge on any atom is -0.487 e. The maximum Gasteiger partial charge on any atom is 0.338 e. The van der Waals surface area contributed by atoms with Gasteiger partial charge in [0, 0.05) is 5.02 Å². The lowest BCUT2D eigenvalue weighted by Gasteiger charge is -2.28. The molecule has 0 spiro atoms. The van der Waals surface area contributed by atoms with Gasteiger partial charge in [-0.3, -0.25) is 0 Å². The Labute approximate surface area is 170 Å². The summed E-state index contributed by atoms with van der Waals surface area (Å²) in [7, 11) is 0. The highest BCUT2D eigenvalue weighted by Crippen LogP contribution is 2.39. The number of amides is 2. The van der Waals surface area contributed by atoms with Gasteiger partial charge < -0.3 is 20.1 Å². The standard InChI is InChI=1S/C21H27ClN2O4/c1-3-27-20(25)19-13(2)23-21(26)24-17(19)12-28-18-10-9-15(22)11-16(18)14-7-5-4-6-8-14/h9-11,13-14H,3-8,12H2,1-2H3,(H2,23,24,26)/t13-/m0/s1. The van der Waals surface area contributed by atoms with Gasteiger partial charge >= 0.3 is 12.0 Å². The fourth-order valence-corrected chi connectivity index (χ4v) is 4.11. The molecule has 1 fully saturated rings. The van der Waals surface area contributed by atoms with Crippen molar-refractivity contribution in [2.24, 2.45) is 0 Å². The average Bonchev–Trinajstić information content (AvgIpc) is 2.67. The van der Waals surface area contributed by atoms with E-state index in [4.69, 9.17) is 21.1 Å². The molecule has 0 radical (unpaired) electrons. The van der Waals surface area contributed by atoms with Crippen LogP contribution < -0.4 is 15.4 Å². The molecule has 2 aliphatic rings. The molecule has 1 heterocycles. The molecule has 28 heavy (non-hydrogen) atoms. The first kappa shape index (κ1) is 20.5. The van der Waals surface area contributed by atoms with E-state index in [1.165, 1.54) is 19.3 Å². The number of ether oxygens (including phenoxy) is 2. The molecule has 6 nitrogen and oxygen atoms in total. The number of urea groups is 1. The second-order valence-corrected chi connectivity index (χ2v) is 7.68. The van der Waals surface area contributed by atoms with Crippen LogP contribution in [0.3, 0.4) is 0 Å². The molecule has 0 unspecified atom stereocenters. The number of hydrogen-bond acceptors (Lipinski definition) is 4. The highest BCUT2D eigenvalue weighted by Gasteiger charge is 2.30. The van der Waals surface area contributed by atoms with E-state index >= 15 is 0 Å². The average molecular weight is 407 g/mol. The van der Waals surface area contributed by atoms with Crippen molar-refractivity contribution in [3.63, 3.8) is 0 Å². The molecule has 1 aliphatic heterocycles. The first-order valence-electron chi connectivity index (χ1n) is 9.89. The topological polar surface area (TPSA) is 76.7 Å². The maximum atomic E-state index is 12.4. The van der Waals surface area contributed by atoms with E-state index in [0.717, 1.165) is 24.2 Å². The Hall–Kier alpha value is -2.21. The van der Waals surface area contributed by atoms with Crippen LogP contribution in [0.15, 0.2) is 29.5 Å². The second kappa shape index (κ2) is 9.32. The summed E-state index contributed by atoms with van der Waals surface area (Å²) in [5.41, 5.74) is 1.91. The van der Waals surface area contributed by atoms with Gasteiger partial charge in [0.2, 0.25) is 0 Å². The Morgan fingerprint density at radius 2 is 2.00 bits per heavy atom. The van der Waals surface area contributed by atoms with Gasteiger partial charge in [0.05, 0.1) is 23.9 Å². The van der Waals surface area contributed by atoms with Gasteiger partial charge in [-0.05, 0) is 56.4 Å². The lowest BCUT2D eigenvalue weighted by atomic mass is 9.84. The third-order valence-corrected chi connectivity index (χ3v) is 5.49. The summed E-state index contributed by atoms with van der Waals surface area (Å²) in [4.78, 5) is 24.3. The molecule has 1 aromatic carbocycles. The predicted molar refractivity (Wildman–Crippen MR) is 108 cm³/mol. The Bertz CT molecular complexity index is 772. The van der Waals surface area contributed by atoms with Crippen molar-refractivity contribution in [1.29, 1.82) is 0 Å². The monoisotopic (exact) mass is 406 g/mol. The van der Waals surface area contributed by atoms with Gasteiger partial charge in [-0.25, -0.2) is 9.59 Å². The molecule has 152 valence electrons. The van der Waals surface area contributed by atoms with Crippen molar-refractivity contribution in [3.8, 4) is 5.75 Å². The molecule has 1 aliphatic carbocycles. The maximum absolute atomic E-state index is 12.4. The molecule has 0 aromatic heterocycles. The van der Waals surface area contributed by atoms with Crippen molar-refractivity contribution in [1.82, 2.24) is 10.6 Å². The molecular weight excluding hydrogens is 380 g/mol. The molecule has 1 aromatic rings. The highest BCUT2D eigenvalue weighted by atomic mass is 35.5. The second-order valence-electron chi connectivity index (χ2n) is 7.24. The van der Waals surface area contributed by atoms with Crippen LogP contribution in [0.2, 0.25) is 5.02 Å². The number of carbonyl (C=O) groups is 2. The summed E-state index contributed by atoms with van der Waals surface area (Å²) in [6.07, 6.45) is 5.90. The zero-order valence-electron chi connectivity index (χ0n) is 16.3. The van der Waals surface area contributed by atoms with Crippen LogP contribution in [-0.4, -0.2) is 31.3 Å². The number of esters is 1. The molecular formula is C21H27ClN2O4. The minimum absolute atomic E-state index is 0.0766. The summed E-state index contributed by atoms with van der Waals surface area (Å²) in [6.45, 7) is 3.84. The van der Waals surface area contributed by atoms with Crippen molar-refractivity contribution >= 4 is 23.6 Å². The third-order valence-electron chi connectivity index (χ3n) is 5.25. The highest BCUT2D eigenvalue weighted by molar-refractivity contribution is 6.30. The minimum atomic E-state index is -0.454. The number of halogens is 1. The van der Waals surface area contributed by atoms with Crippen LogP contribution >= 0.6 is 11.6 Å². The molecule has 3 rings (SSSR count). The van der Waals surface area contributed by atoms with Gasteiger partial charge in [0.1, 0.15) is 12.4 Å². The van der Waals surface area contributed by atoms with Crippen molar-refractivity contribution in [3.05, 3.63) is 40.1 Å². The lowest BCUT2D eigenvalue weighted by molar-refractivity contribution is -0.139. The molecule has 1 atom stereocenters. The van der Waals surface area contributed by atoms with Crippen LogP contribution in [0.25, 0.3) is 0 Å². The van der Waals surface area contributed by atoms with Crippen LogP contribution in [-0.2, 0) is 9.53 Å². The van der Waals surface area contributed by atoms with E-state index in [2.05, 4.69) is 10.6 Å². The van der Waals surface area contributed by atoms with Gasteiger partial charge in [-0.2, -0.15) is 0 Å². The number of rotatable bonds is 6. The molecule has 2 N–H and O–H groups in total. The fraction of sp³-hybridized carbons (Fsp3) is 0.524. The van der Waals surface area contributed by atoms with E-state index in [1.807, 2.05) is 12.1 Å². The van der Waals surface area contributed by atoms with Crippen LogP contribution in [0.4, 0.5) is 4.79 Å². The largest absolute Gasteiger partial charge is 0.487 e. The SMILES string of the molecule is CCOC(=O)C1=C(COc2ccc(Cl)cc2C2CCCCC2)NC(=O)N[C@H]1C. The van der Waals surface area contributed by atoms with Crippen molar-refractivity contribution in [2.75, 3.05) is 13.2 Å². The van der Waals surface area contributed by atoms with Gasteiger partial charge in [0.15, 0.2) is 0 Å². The van der Waals surface area contributed by atoms with Gasteiger partial charge in [-0.1, -0.05) is 30.9 Å². The number of carbonyl (C=O) groups excluding carboxylic acids is 2. The zero-order chi connectivity index (χ0) is 20.1. The van der Waals surface area contributed by atoms with Crippen molar-refractivity contribution in [2.45, 2.75) is 57.9 Å². The molecule has 0 bridgehead atoms. The van der Waals surface area contributed by atoms with E-state index in [-0.39, 0.29) is 19.2 Å². The Kier molecular flexibility index (Phi) is 6.83. The number of hydrogen-bond donors (Lipinski definition) is 2. The summed E-state index contributed by atoms with van der Waals surface area (Å²) >= 11 is 6.23. The first-order chi connectivity index (χ1) is 13.5. The summed E-state index contributed by atoms with van der Waals surface area (Å²) in [5.74, 6) is 0.708. The van der Waals surface area contributed by atoms with Gasteiger partial charge in [-0.15, -0.1) is 0 Å². The first-order valence-corrected chi connectivity index (χ1v) is 10.3.